The summed E-state index contributed by atoms with van der Waals surface area (Å²) in [6, 6.07) is 8.14. The van der Waals surface area contributed by atoms with Crippen LogP contribution in [-0.4, -0.2) is 66.6 Å². The zero-order valence-electron chi connectivity index (χ0n) is 18.7. The van der Waals surface area contributed by atoms with Gasteiger partial charge in [0.25, 0.3) is 0 Å². The minimum atomic E-state index is -5.08. The third-order valence-electron chi connectivity index (χ3n) is 4.44. The fourth-order valence-electron chi connectivity index (χ4n) is 2.96. The number of thiazole rings is 1. The van der Waals surface area contributed by atoms with Gasteiger partial charge in [-0.05, 0) is 24.3 Å². The second-order valence-corrected chi connectivity index (χ2v) is 8.26. The van der Waals surface area contributed by atoms with Gasteiger partial charge in [-0.25, -0.2) is 14.6 Å². The lowest BCUT2D eigenvalue weighted by molar-refractivity contribution is -0.193. The van der Waals surface area contributed by atoms with E-state index in [2.05, 4.69) is 37.8 Å². The maximum atomic E-state index is 10.6. The predicted octanol–water partition coefficient (Wildman–Crippen LogP) is 4.07. The summed E-state index contributed by atoms with van der Waals surface area (Å²) in [4.78, 5) is 28.7. The second kappa shape index (κ2) is 13.0. The molecule has 9 nitrogen and oxygen atoms in total. The van der Waals surface area contributed by atoms with Crippen LogP contribution in [0.25, 0.3) is 0 Å². The molecule has 0 saturated heterocycles. The van der Waals surface area contributed by atoms with E-state index in [0.717, 1.165) is 36.9 Å². The maximum absolute atomic E-state index is 10.6. The first-order valence-electron chi connectivity index (χ1n) is 10.2. The van der Waals surface area contributed by atoms with Gasteiger partial charge in [0.2, 0.25) is 0 Å². The van der Waals surface area contributed by atoms with Crippen LogP contribution < -0.4 is 4.74 Å². The number of carboxylic acids is 2. The molecule has 0 saturated carbocycles. The van der Waals surface area contributed by atoms with Crippen LogP contribution in [-0.2, 0) is 29.2 Å². The van der Waals surface area contributed by atoms with Crippen molar-refractivity contribution < 1.29 is 50.9 Å². The molecular formula is C21H20F6N4O5S. The third kappa shape index (κ3) is 10.5. The molecule has 3 aromatic rings. The number of ether oxygens (including phenoxy) is 1. The van der Waals surface area contributed by atoms with Crippen molar-refractivity contribution in [2.75, 3.05) is 6.54 Å². The molecule has 2 N–H and O–H groups in total. The number of alkyl halides is 6. The maximum Gasteiger partial charge on any atom is 0.490 e. The van der Waals surface area contributed by atoms with Crippen LogP contribution in [0.5, 0.6) is 5.75 Å². The highest BCUT2D eigenvalue weighted by molar-refractivity contribution is 7.09. The van der Waals surface area contributed by atoms with Crippen LogP contribution in [0.15, 0.2) is 54.4 Å². The smallest absolute Gasteiger partial charge is 0.486 e. The molecule has 0 aromatic carbocycles. The number of carbonyl (C=O) groups is 2. The van der Waals surface area contributed by atoms with E-state index < -0.39 is 24.3 Å². The van der Waals surface area contributed by atoms with Crippen molar-refractivity contribution in [2.45, 2.75) is 38.1 Å². The van der Waals surface area contributed by atoms with Gasteiger partial charge in [-0.15, -0.1) is 11.3 Å². The minimum Gasteiger partial charge on any atom is -0.486 e. The van der Waals surface area contributed by atoms with Gasteiger partial charge in [0.15, 0.2) is 0 Å². The molecule has 0 aliphatic carbocycles. The van der Waals surface area contributed by atoms with Crippen molar-refractivity contribution in [3.8, 4) is 5.75 Å². The molecule has 0 spiro atoms. The first kappa shape index (κ1) is 29.6. The van der Waals surface area contributed by atoms with E-state index in [1.807, 2.05) is 23.7 Å². The molecule has 202 valence electrons. The molecule has 16 heteroatoms. The first-order valence-corrected chi connectivity index (χ1v) is 11.0. The highest BCUT2D eigenvalue weighted by atomic mass is 32.1. The monoisotopic (exact) mass is 554 g/mol. The average Bonchev–Trinajstić information content (AvgIpc) is 3.43. The number of fused-ring (bicyclic) bond motifs is 1. The van der Waals surface area contributed by atoms with E-state index in [-0.39, 0.29) is 6.10 Å². The Bertz CT molecular complexity index is 1100. The number of hydrogen-bond donors (Lipinski definition) is 2. The fraction of sp³-hybridized carbons (Fsp3) is 0.333. The number of carboxylic acid groups (broad SMARTS) is 2. The first-order chi connectivity index (χ1) is 17.3. The Morgan fingerprint density at radius 1 is 1.03 bits per heavy atom. The molecule has 0 radical (unpaired) electrons. The summed E-state index contributed by atoms with van der Waals surface area (Å²) in [7, 11) is 0. The molecular weight excluding hydrogens is 534 g/mol. The Morgan fingerprint density at radius 2 is 1.68 bits per heavy atom. The van der Waals surface area contributed by atoms with Gasteiger partial charge in [-0.1, -0.05) is 0 Å². The molecule has 1 aliphatic rings. The lowest BCUT2D eigenvalue weighted by Gasteiger charge is -2.23. The summed E-state index contributed by atoms with van der Waals surface area (Å²) in [5.41, 5.74) is 1.32. The lowest BCUT2D eigenvalue weighted by atomic mass is 10.3. The number of rotatable bonds is 4. The molecule has 3 aromatic heterocycles. The molecule has 4 heterocycles. The Hall–Kier alpha value is -3.66. The molecule has 0 bridgehead atoms. The van der Waals surface area contributed by atoms with Crippen molar-refractivity contribution in [1.82, 2.24) is 19.4 Å². The molecule has 0 fully saturated rings. The number of pyridine rings is 1. The Labute approximate surface area is 209 Å². The third-order valence-corrected chi connectivity index (χ3v) is 5.20. The van der Waals surface area contributed by atoms with Crippen LogP contribution in [0.1, 0.15) is 10.7 Å². The predicted molar refractivity (Wildman–Crippen MR) is 117 cm³/mol. The number of nitrogens with zero attached hydrogens (tertiary/aromatic N) is 4. The molecule has 4 rings (SSSR count). The Morgan fingerprint density at radius 3 is 2.19 bits per heavy atom. The van der Waals surface area contributed by atoms with Crippen molar-refractivity contribution in [3.63, 3.8) is 0 Å². The summed E-state index contributed by atoms with van der Waals surface area (Å²) in [5, 5.41) is 17.4. The molecule has 0 amide bonds. The standard InChI is InChI=1S/C17H18N4OS.2C2HF3O2/c1-4-15(9-18-5-1)22-16-11-20(13-17-19-6-8-23-17)10-14-3-2-7-21(14)12-16;2*3-2(4,5)1(6)7/h1-9,16H,10-13H2;2*(H,6,7). The van der Waals surface area contributed by atoms with E-state index >= 15 is 0 Å². The second-order valence-electron chi connectivity index (χ2n) is 7.28. The van der Waals surface area contributed by atoms with Gasteiger partial charge in [-0.3, -0.25) is 9.88 Å². The highest BCUT2D eigenvalue weighted by Crippen LogP contribution is 2.20. The Balaban J connectivity index is 0.000000286. The lowest BCUT2D eigenvalue weighted by Crippen LogP contribution is -2.34. The summed E-state index contributed by atoms with van der Waals surface area (Å²) >= 11 is 1.70. The number of aromatic nitrogens is 3. The van der Waals surface area contributed by atoms with E-state index in [1.165, 1.54) is 5.69 Å². The van der Waals surface area contributed by atoms with E-state index in [1.54, 1.807) is 23.7 Å². The zero-order chi connectivity index (χ0) is 27.6. The molecule has 1 atom stereocenters. The van der Waals surface area contributed by atoms with Gasteiger partial charge in [-0.2, -0.15) is 26.3 Å². The SMILES string of the molecule is O=C(O)C(F)(F)F.O=C(O)C(F)(F)F.c1cncc(OC2CN(Cc3nccs3)Cc3cccn3C2)c1. The van der Waals surface area contributed by atoms with E-state index in [9.17, 15) is 26.3 Å². The van der Waals surface area contributed by atoms with Crippen LogP contribution in [0.3, 0.4) is 0 Å². The molecule has 1 aliphatic heterocycles. The summed E-state index contributed by atoms with van der Waals surface area (Å²) in [6.07, 6.45) is -2.55. The van der Waals surface area contributed by atoms with Gasteiger partial charge in [0.05, 0.1) is 19.3 Å². The van der Waals surface area contributed by atoms with Gasteiger partial charge in [0.1, 0.15) is 16.9 Å². The zero-order valence-corrected chi connectivity index (χ0v) is 19.5. The summed E-state index contributed by atoms with van der Waals surface area (Å²) < 4.78 is 71.9. The van der Waals surface area contributed by atoms with Crippen LogP contribution in [0, 0.1) is 0 Å². The van der Waals surface area contributed by atoms with E-state index in [4.69, 9.17) is 24.5 Å². The summed E-state index contributed by atoms with van der Waals surface area (Å²) in [5.74, 6) is -4.69. The van der Waals surface area contributed by atoms with Crippen LogP contribution in [0.2, 0.25) is 0 Å². The average molecular weight is 554 g/mol. The number of aliphatic carboxylic acids is 2. The Kier molecular flexibility index (Phi) is 10.4. The highest BCUT2D eigenvalue weighted by Gasteiger charge is 2.38. The van der Waals surface area contributed by atoms with Crippen LogP contribution >= 0.6 is 11.3 Å². The quantitative estimate of drug-likeness (QED) is 0.464. The molecule has 1 unspecified atom stereocenters. The van der Waals surface area contributed by atoms with Gasteiger partial charge in [0, 0.05) is 42.8 Å². The van der Waals surface area contributed by atoms with Crippen LogP contribution in [0.4, 0.5) is 26.3 Å². The van der Waals surface area contributed by atoms with Crippen molar-refractivity contribution in [3.05, 3.63) is 65.1 Å². The topological polar surface area (TPSA) is 118 Å². The normalized spacial score (nSPS) is 15.7. The van der Waals surface area contributed by atoms with Crippen molar-refractivity contribution in [2.24, 2.45) is 0 Å². The summed E-state index contributed by atoms with van der Waals surface area (Å²) in [6.45, 7) is 3.50. The van der Waals surface area contributed by atoms with Gasteiger partial charge >= 0.3 is 24.3 Å². The van der Waals surface area contributed by atoms with E-state index in [0.29, 0.717) is 0 Å². The number of halogens is 6. The molecule has 37 heavy (non-hydrogen) atoms. The van der Waals surface area contributed by atoms with Crippen molar-refractivity contribution in [1.29, 1.82) is 0 Å². The fourth-order valence-corrected chi connectivity index (χ4v) is 3.61. The largest absolute Gasteiger partial charge is 0.490 e. The van der Waals surface area contributed by atoms with Crippen molar-refractivity contribution >= 4 is 23.3 Å². The minimum absolute atomic E-state index is 0.0906. The van der Waals surface area contributed by atoms with Gasteiger partial charge < -0.3 is 19.5 Å². The number of hydrogen-bond acceptors (Lipinski definition) is 7.